The smallest absolute Gasteiger partial charge is 0.387 e. The third kappa shape index (κ3) is 5.21. The quantitative estimate of drug-likeness (QED) is 0.834. The molecule has 0 heterocycles. The van der Waals surface area contributed by atoms with Crippen molar-refractivity contribution in [2.24, 2.45) is 5.73 Å². The number of alkyl halides is 2. The van der Waals surface area contributed by atoms with E-state index in [0.717, 1.165) is 0 Å². The molecule has 1 aromatic rings. The average Bonchev–Trinajstić information content (AvgIpc) is 2.28. The first-order valence-electron chi connectivity index (χ1n) is 5.91. The van der Waals surface area contributed by atoms with E-state index in [4.69, 9.17) is 5.73 Å². The second-order valence-corrected chi connectivity index (χ2v) is 4.78. The van der Waals surface area contributed by atoms with Crippen LogP contribution in [0.4, 0.5) is 8.78 Å². The lowest BCUT2D eigenvalue weighted by Crippen LogP contribution is -2.44. The van der Waals surface area contributed by atoms with Crippen molar-refractivity contribution in [3.63, 3.8) is 0 Å². The fourth-order valence-corrected chi connectivity index (χ4v) is 1.59. The Kier molecular flexibility index (Phi) is 5.23. The van der Waals surface area contributed by atoms with Crippen LogP contribution in [-0.2, 0) is 0 Å². The SMILES string of the molecule is CC(C)(CCN)NC(=O)c1ccc(OC(F)F)cc1. The molecule has 1 rings (SSSR count). The van der Waals surface area contributed by atoms with Crippen molar-refractivity contribution in [2.75, 3.05) is 6.54 Å². The Bertz CT molecular complexity index is 419. The Labute approximate surface area is 110 Å². The lowest BCUT2D eigenvalue weighted by atomic mass is 10.00. The Hall–Kier alpha value is -1.69. The van der Waals surface area contributed by atoms with Crippen molar-refractivity contribution in [3.8, 4) is 5.75 Å². The number of ether oxygens (including phenoxy) is 1. The molecule has 0 aliphatic rings. The Morgan fingerprint density at radius 2 is 1.95 bits per heavy atom. The molecular weight excluding hydrogens is 254 g/mol. The zero-order chi connectivity index (χ0) is 14.5. The van der Waals surface area contributed by atoms with Gasteiger partial charge in [-0.25, -0.2) is 0 Å². The van der Waals surface area contributed by atoms with E-state index in [1.54, 1.807) is 0 Å². The Morgan fingerprint density at radius 3 is 2.42 bits per heavy atom. The van der Waals surface area contributed by atoms with Gasteiger partial charge in [-0.15, -0.1) is 0 Å². The van der Waals surface area contributed by atoms with Crippen molar-refractivity contribution in [1.82, 2.24) is 5.32 Å². The summed E-state index contributed by atoms with van der Waals surface area (Å²) in [6.07, 6.45) is 0.644. The van der Waals surface area contributed by atoms with Gasteiger partial charge in [-0.2, -0.15) is 8.78 Å². The molecule has 0 fully saturated rings. The summed E-state index contributed by atoms with van der Waals surface area (Å²) in [7, 11) is 0. The highest BCUT2D eigenvalue weighted by molar-refractivity contribution is 5.94. The van der Waals surface area contributed by atoms with Gasteiger partial charge in [-0.05, 0) is 51.1 Å². The lowest BCUT2D eigenvalue weighted by Gasteiger charge is -2.25. The predicted octanol–water partition coefficient (Wildman–Crippen LogP) is 2.15. The number of rotatable bonds is 6. The zero-order valence-electron chi connectivity index (χ0n) is 11.0. The second-order valence-electron chi connectivity index (χ2n) is 4.78. The fraction of sp³-hybridized carbons (Fsp3) is 0.462. The molecule has 0 atom stereocenters. The molecule has 0 aliphatic carbocycles. The number of hydrogen-bond acceptors (Lipinski definition) is 3. The highest BCUT2D eigenvalue weighted by Crippen LogP contribution is 2.16. The number of nitrogens with two attached hydrogens (primary N) is 1. The second kappa shape index (κ2) is 6.47. The summed E-state index contributed by atoms with van der Waals surface area (Å²) >= 11 is 0. The van der Waals surface area contributed by atoms with Crippen LogP contribution in [0.25, 0.3) is 0 Å². The summed E-state index contributed by atoms with van der Waals surface area (Å²) in [6.45, 7) is 1.33. The monoisotopic (exact) mass is 272 g/mol. The minimum Gasteiger partial charge on any atom is -0.435 e. The van der Waals surface area contributed by atoms with E-state index in [1.807, 2.05) is 13.8 Å². The fourth-order valence-electron chi connectivity index (χ4n) is 1.59. The first-order valence-corrected chi connectivity index (χ1v) is 5.91. The van der Waals surface area contributed by atoms with Gasteiger partial charge in [0.25, 0.3) is 5.91 Å². The maximum atomic E-state index is 12.0. The summed E-state index contributed by atoms with van der Waals surface area (Å²) in [5.74, 6) is -0.255. The van der Waals surface area contributed by atoms with Gasteiger partial charge in [-0.3, -0.25) is 4.79 Å². The number of halogens is 2. The molecule has 0 saturated carbocycles. The van der Waals surface area contributed by atoms with Gasteiger partial charge in [0.05, 0.1) is 0 Å². The summed E-state index contributed by atoms with van der Waals surface area (Å²) in [5.41, 5.74) is 5.42. The van der Waals surface area contributed by atoms with E-state index < -0.39 is 12.2 Å². The number of amides is 1. The molecule has 0 saturated heterocycles. The van der Waals surface area contributed by atoms with E-state index in [9.17, 15) is 13.6 Å². The van der Waals surface area contributed by atoms with Gasteiger partial charge in [0.1, 0.15) is 5.75 Å². The standard InChI is InChI=1S/C13H18F2N2O2/c1-13(2,7-8-16)17-11(18)9-3-5-10(6-4-9)19-12(14)15/h3-6,12H,7-8,16H2,1-2H3,(H,17,18). The van der Waals surface area contributed by atoms with Crippen LogP contribution >= 0.6 is 0 Å². The molecule has 0 aliphatic heterocycles. The molecule has 1 aromatic carbocycles. The maximum Gasteiger partial charge on any atom is 0.387 e. The van der Waals surface area contributed by atoms with Crippen LogP contribution in [0.2, 0.25) is 0 Å². The molecule has 0 radical (unpaired) electrons. The van der Waals surface area contributed by atoms with Crippen molar-refractivity contribution in [1.29, 1.82) is 0 Å². The van der Waals surface area contributed by atoms with Crippen LogP contribution in [0.1, 0.15) is 30.6 Å². The van der Waals surface area contributed by atoms with Gasteiger partial charge < -0.3 is 15.8 Å². The Balaban J connectivity index is 2.68. The third-order valence-corrected chi connectivity index (χ3v) is 2.56. The van der Waals surface area contributed by atoms with Crippen molar-refractivity contribution < 1.29 is 18.3 Å². The van der Waals surface area contributed by atoms with Gasteiger partial charge in [0, 0.05) is 11.1 Å². The van der Waals surface area contributed by atoms with Crippen molar-refractivity contribution >= 4 is 5.91 Å². The lowest BCUT2D eigenvalue weighted by molar-refractivity contribution is -0.0498. The largest absolute Gasteiger partial charge is 0.435 e. The van der Waals surface area contributed by atoms with Gasteiger partial charge >= 0.3 is 6.61 Å². The average molecular weight is 272 g/mol. The van der Waals surface area contributed by atoms with Crippen LogP contribution in [-0.4, -0.2) is 24.6 Å². The molecule has 4 nitrogen and oxygen atoms in total. The highest BCUT2D eigenvalue weighted by Gasteiger charge is 2.20. The van der Waals surface area contributed by atoms with Crippen molar-refractivity contribution in [3.05, 3.63) is 29.8 Å². The number of nitrogens with one attached hydrogen (secondary N) is 1. The number of carbonyl (C=O) groups excluding carboxylic acids is 1. The summed E-state index contributed by atoms with van der Waals surface area (Å²) in [5, 5.41) is 2.83. The zero-order valence-corrected chi connectivity index (χ0v) is 11.0. The minimum absolute atomic E-state index is 0.0211. The summed E-state index contributed by atoms with van der Waals surface area (Å²) in [6, 6.07) is 5.53. The van der Waals surface area contributed by atoms with Crippen LogP contribution in [0, 0.1) is 0 Å². The molecule has 106 valence electrons. The van der Waals surface area contributed by atoms with Gasteiger partial charge in [0.2, 0.25) is 0 Å². The molecule has 0 unspecified atom stereocenters. The van der Waals surface area contributed by atoms with E-state index >= 15 is 0 Å². The molecule has 1 amide bonds. The summed E-state index contributed by atoms with van der Waals surface area (Å²) < 4.78 is 28.2. The van der Waals surface area contributed by atoms with Crippen LogP contribution in [0.3, 0.4) is 0 Å². The summed E-state index contributed by atoms with van der Waals surface area (Å²) in [4.78, 5) is 11.9. The molecule has 6 heteroatoms. The minimum atomic E-state index is -2.87. The predicted molar refractivity (Wildman–Crippen MR) is 68.3 cm³/mol. The topological polar surface area (TPSA) is 64.3 Å². The molecule has 0 bridgehead atoms. The van der Waals surface area contributed by atoms with Crippen LogP contribution in [0.15, 0.2) is 24.3 Å². The number of benzene rings is 1. The van der Waals surface area contributed by atoms with Gasteiger partial charge in [-0.1, -0.05) is 0 Å². The van der Waals surface area contributed by atoms with Crippen molar-refractivity contribution in [2.45, 2.75) is 32.4 Å². The van der Waals surface area contributed by atoms with E-state index in [2.05, 4.69) is 10.1 Å². The molecule has 3 N–H and O–H groups in total. The molecule has 19 heavy (non-hydrogen) atoms. The van der Waals surface area contributed by atoms with Crippen LogP contribution < -0.4 is 15.8 Å². The van der Waals surface area contributed by atoms with Crippen LogP contribution in [0.5, 0.6) is 5.75 Å². The Morgan fingerprint density at radius 1 is 1.37 bits per heavy atom. The van der Waals surface area contributed by atoms with E-state index in [1.165, 1.54) is 24.3 Å². The first kappa shape index (κ1) is 15.4. The maximum absolute atomic E-state index is 12.0. The molecule has 0 spiro atoms. The number of carbonyl (C=O) groups is 1. The van der Waals surface area contributed by atoms with Gasteiger partial charge in [0.15, 0.2) is 0 Å². The highest BCUT2D eigenvalue weighted by atomic mass is 19.3. The molecule has 0 aromatic heterocycles. The third-order valence-electron chi connectivity index (χ3n) is 2.56. The first-order chi connectivity index (χ1) is 8.84. The number of hydrogen-bond donors (Lipinski definition) is 2. The normalized spacial score (nSPS) is 11.5. The van der Waals surface area contributed by atoms with E-state index in [0.29, 0.717) is 18.5 Å². The molecular formula is C13H18F2N2O2. The van der Waals surface area contributed by atoms with E-state index in [-0.39, 0.29) is 11.7 Å².